The standard InChI is InChI=1S/C11H19BrO2/c1-3-10(5-4-6-12)8-11(14)7-9(2)13/h10H,3-8H2,1-2H3. The number of carbonyl (C=O) groups is 2. The minimum atomic E-state index is -0.0228. The van der Waals surface area contributed by atoms with Crippen LogP contribution in [0.2, 0.25) is 0 Å². The Kier molecular flexibility index (Phi) is 8.05. The minimum absolute atomic E-state index is 0.0228. The Morgan fingerprint density at radius 1 is 1.36 bits per heavy atom. The number of Topliss-reactive ketones (excluding diaryl/α,β-unsaturated/α-hetero) is 2. The van der Waals surface area contributed by atoms with Crippen LogP contribution in [0.15, 0.2) is 0 Å². The number of rotatable bonds is 8. The second-order valence-corrected chi connectivity index (χ2v) is 4.52. The molecule has 0 aromatic carbocycles. The smallest absolute Gasteiger partial charge is 0.140 e. The molecule has 0 heterocycles. The molecule has 0 radical (unpaired) electrons. The summed E-state index contributed by atoms with van der Waals surface area (Å²) in [4.78, 5) is 22.1. The molecule has 1 atom stereocenters. The molecule has 2 nitrogen and oxygen atoms in total. The highest BCUT2D eigenvalue weighted by atomic mass is 79.9. The number of ketones is 2. The maximum Gasteiger partial charge on any atom is 0.140 e. The van der Waals surface area contributed by atoms with Crippen molar-refractivity contribution in [2.75, 3.05) is 5.33 Å². The maximum atomic E-state index is 11.4. The molecule has 0 aliphatic rings. The van der Waals surface area contributed by atoms with E-state index in [2.05, 4.69) is 22.9 Å². The van der Waals surface area contributed by atoms with Crippen LogP contribution in [0.4, 0.5) is 0 Å². The summed E-state index contributed by atoms with van der Waals surface area (Å²) in [6.07, 6.45) is 3.89. The molecular formula is C11H19BrO2. The number of alkyl halides is 1. The number of hydrogen-bond acceptors (Lipinski definition) is 2. The lowest BCUT2D eigenvalue weighted by molar-refractivity contribution is -0.126. The summed E-state index contributed by atoms with van der Waals surface area (Å²) >= 11 is 3.37. The zero-order valence-corrected chi connectivity index (χ0v) is 10.6. The van der Waals surface area contributed by atoms with Gasteiger partial charge in [0.05, 0.1) is 6.42 Å². The van der Waals surface area contributed by atoms with Gasteiger partial charge in [-0.25, -0.2) is 0 Å². The van der Waals surface area contributed by atoms with Crippen LogP contribution in [-0.4, -0.2) is 16.9 Å². The molecule has 3 heteroatoms. The van der Waals surface area contributed by atoms with Crippen LogP contribution in [0.1, 0.15) is 46.0 Å². The van der Waals surface area contributed by atoms with Crippen molar-refractivity contribution in [3.8, 4) is 0 Å². The van der Waals surface area contributed by atoms with E-state index in [9.17, 15) is 9.59 Å². The van der Waals surface area contributed by atoms with Crippen molar-refractivity contribution in [3.05, 3.63) is 0 Å². The zero-order valence-electron chi connectivity index (χ0n) is 9.01. The maximum absolute atomic E-state index is 11.4. The van der Waals surface area contributed by atoms with E-state index >= 15 is 0 Å². The summed E-state index contributed by atoms with van der Waals surface area (Å²) in [7, 11) is 0. The fourth-order valence-corrected chi connectivity index (χ4v) is 1.81. The van der Waals surface area contributed by atoms with E-state index in [1.807, 2.05) is 0 Å². The number of hydrogen-bond donors (Lipinski definition) is 0. The van der Waals surface area contributed by atoms with Crippen LogP contribution >= 0.6 is 15.9 Å². The fraction of sp³-hybridized carbons (Fsp3) is 0.818. The third-order valence-corrected chi connectivity index (χ3v) is 2.85. The molecule has 0 aliphatic carbocycles. The first-order chi connectivity index (χ1) is 6.60. The first-order valence-corrected chi connectivity index (χ1v) is 6.29. The van der Waals surface area contributed by atoms with E-state index < -0.39 is 0 Å². The normalized spacial score (nSPS) is 12.5. The predicted molar refractivity (Wildman–Crippen MR) is 61.7 cm³/mol. The van der Waals surface area contributed by atoms with Crippen molar-refractivity contribution in [3.63, 3.8) is 0 Å². The summed E-state index contributed by atoms with van der Waals surface area (Å²) in [6.45, 7) is 3.57. The van der Waals surface area contributed by atoms with Gasteiger partial charge in [-0.05, 0) is 25.7 Å². The molecule has 0 aromatic rings. The van der Waals surface area contributed by atoms with Crippen LogP contribution in [0, 0.1) is 5.92 Å². The Balaban J connectivity index is 3.79. The average molecular weight is 263 g/mol. The summed E-state index contributed by atoms with van der Waals surface area (Å²) in [6, 6.07) is 0. The molecule has 0 spiro atoms. The predicted octanol–water partition coefficient (Wildman–Crippen LogP) is 3.13. The molecule has 0 rings (SSSR count). The minimum Gasteiger partial charge on any atom is -0.300 e. The quantitative estimate of drug-likeness (QED) is 0.498. The topological polar surface area (TPSA) is 34.1 Å². The van der Waals surface area contributed by atoms with E-state index in [1.54, 1.807) is 0 Å². The first kappa shape index (κ1) is 13.8. The largest absolute Gasteiger partial charge is 0.300 e. The Bertz CT molecular complexity index is 190. The molecule has 1 unspecified atom stereocenters. The second kappa shape index (κ2) is 8.16. The van der Waals surface area contributed by atoms with Crippen molar-refractivity contribution in [1.29, 1.82) is 0 Å². The summed E-state index contributed by atoms with van der Waals surface area (Å²) < 4.78 is 0. The summed E-state index contributed by atoms with van der Waals surface area (Å²) in [5.41, 5.74) is 0. The Morgan fingerprint density at radius 3 is 2.43 bits per heavy atom. The van der Waals surface area contributed by atoms with Crippen molar-refractivity contribution >= 4 is 27.5 Å². The van der Waals surface area contributed by atoms with Crippen LogP contribution < -0.4 is 0 Å². The molecule has 0 saturated carbocycles. The Morgan fingerprint density at radius 2 is 2.00 bits per heavy atom. The van der Waals surface area contributed by atoms with E-state index in [4.69, 9.17) is 0 Å². The summed E-state index contributed by atoms with van der Waals surface area (Å²) in [5.74, 6) is 0.531. The lowest BCUT2D eigenvalue weighted by Crippen LogP contribution is -2.11. The van der Waals surface area contributed by atoms with Gasteiger partial charge in [0, 0.05) is 11.8 Å². The molecule has 0 N–H and O–H groups in total. The van der Waals surface area contributed by atoms with Crippen LogP contribution in [0.5, 0.6) is 0 Å². The SMILES string of the molecule is CCC(CCCBr)CC(=O)CC(C)=O. The molecule has 0 aromatic heterocycles. The molecule has 0 fully saturated rings. The van der Waals surface area contributed by atoms with E-state index in [-0.39, 0.29) is 18.0 Å². The Hall–Kier alpha value is -0.180. The highest BCUT2D eigenvalue weighted by Crippen LogP contribution is 2.17. The van der Waals surface area contributed by atoms with Crippen molar-refractivity contribution in [2.24, 2.45) is 5.92 Å². The molecule has 14 heavy (non-hydrogen) atoms. The van der Waals surface area contributed by atoms with Crippen molar-refractivity contribution < 1.29 is 9.59 Å². The summed E-state index contributed by atoms with van der Waals surface area (Å²) in [5, 5.41) is 0.990. The molecule has 0 saturated heterocycles. The first-order valence-electron chi connectivity index (χ1n) is 5.17. The van der Waals surface area contributed by atoms with Gasteiger partial charge in [0.1, 0.15) is 11.6 Å². The lowest BCUT2D eigenvalue weighted by atomic mass is 9.93. The van der Waals surface area contributed by atoms with Gasteiger partial charge in [0.2, 0.25) is 0 Å². The fourth-order valence-electron chi connectivity index (χ4n) is 1.49. The molecule has 82 valence electrons. The third kappa shape index (κ3) is 7.25. The average Bonchev–Trinajstić information content (AvgIpc) is 2.10. The van der Waals surface area contributed by atoms with Gasteiger partial charge < -0.3 is 0 Å². The van der Waals surface area contributed by atoms with Gasteiger partial charge in [0.15, 0.2) is 0 Å². The van der Waals surface area contributed by atoms with E-state index in [0.717, 1.165) is 24.6 Å². The zero-order chi connectivity index (χ0) is 11.0. The van der Waals surface area contributed by atoms with Gasteiger partial charge >= 0.3 is 0 Å². The Labute approximate surface area is 94.6 Å². The van der Waals surface area contributed by atoms with Crippen LogP contribution in [0.25, 0.3) is 0 Å². The van der Waals surface area contributed by atoms with Crippen molar-refractivity contribution in [2.45, 2.75) is 46.0 Å². The highest BCUT2D eigenvalue weighted by molar-refractivity contribution is 9.09. The second-order valence-electron chi connectivity index (χ2n) is 3.73. The van der Waals surface area contributed by atoms with Gasteiger partial charge in [-0.3, -0.25) is 9.59 Å². The van der Waals surface area contributed by atoms with Gasteiger partial charge in [-0.2, -0.15) is 0 Å². The van der Waals surface area contributed by atoms with Crippen LogP contribution in [0.3, 0.4) is 0 Å². The monoisotopic (exact) mass is 262 g/mol. The van der Waals surface area contributed by atoms with Gasteiger partial charge in [-0.15, -0.1) is 0 Å². The molecule has 0 aliphatic heterocycles. The third-order valence-electron chi connectivity index (χ3n) is 2.29. The van der Waals surface area contributed by atoms with Crippen LogP contribution in [-0.2, 0) is 9.59 Å². The lowest BCUT2D eigenvalue weighted by Gasteiger charge is -2.12. The molecule has 0 bridgehead atoms. The number of carbonyl (C=O) groups excluding carboxylic acids is 2. The van der Waals surface area contributed by atoms with Gasteiger partial charge in [-0.1, -0.05) is 29.3 Å². The van der Waals surface area contributed by atoms with E-state index in [1.165, 1.54) is 6.92 Å². The van der Waals surface area contributed by atoms with Gasteiger partial charge in [0.25, 0.3) is 0 Å². The number of halogens is 1. The highest BCUT2D eigenvalue weighted by Gasteiger charge is 2.12. The molecule has 0 amide bonds. The van der Waals surface area contributed by atoms with E-state index in [0.29, 0.717) is 12.3 Å². The molecular weight excluding hydrogens is 244 g/mol. The van der Waals surface area contributed by atoms with Crippen molar-refractivity contribution in [1.82, 2.24) is 0 Å².